The number of carbonyl (C=O) groups is 3. The highest BCUT2D eigenvalue weighted by molar-refractivity contribution is 8.00. The highest BCUT2D eigenvalue weighted by atomic mass is 32.2. The fourth-order valence-electron chi connectivity index (χ4n) is 7.39. The molecule has 7 rings (SSSR count). The van der Waals surface area contributed by atoms with Crippen molar-refractivity contribution in [2.75, 3.05) is 11.9 Å². The van der Waals surface area contributed by atoms with Gasteiger partial charge >= 0.3 is 11.0 Å². The molecule has 7 atom stereocenters. The smallest absolute Gasteiger partial charge is 0.325 e. The van der Waals surface area contributed by atoms with Gasteiger partial charge in [-0.3, -0.25) is 24.1 Å². The molecule has 2 saturated carbocycles. The number of halogens is 3. The van der Waals surface area contributed by atoms with Crippen LogP contribution in [0.15, 0.2) is 64.4 Å². The Bertz CT molecular complexity index is 1600. The summed E-state index contributed by atoms with van der Waals surface area (Å²) in [7, 11) is 0. The molecule has 3 amide bonds. The minimum atomic E-state index is -4.57. The Kier molecular flexibility index (Phi) is 5.80. The third-order valence-corrected chi connectivity index (χ3v) is 11.3. The van der Waals surface area contributed by atoms with Crippen LogP contribution in [-0.2, 0) is 20.6 Å². The molecule has 12 heteroatoms. The highest BCUT2D eigenvalue weighted by Crippen LogP contribution is 2.68. The first-order chi connectivity index (χ1) is 19.1. The van der Waals surface area contributed by atoms with E-state index in [1.807, 2.05) is 30.3 Å². The molecule has 3 fully saturated rings. The van der Waals surface area contributed by atoms with Gasteiger partial charge in [0.2, 0.25) is 17.7 Å². The standard InChI is InChI=1S/C28H22F3N3O4S2/c29-28(30,31)13-7-4-8-14(9-13)32-17(35)11-34-25(36)20-15-10-16(21(20)26(34)37)22-19(15)18(12-5-2-1-3-6-12)23-24(39-22)33-27(38)40-23/h1-9,15-16,18-22H,10-11H2,(H,32,35)(H,33,38). The van der Waals surface area contributed by atoms with E-state index in [0.717, 1.165) is 38.9 Å². The number of alkyl halides is 3. The summed E-state index contributed by atoms with van der Waals surface area (Å²) in [4.78, 5) is 57.1. The minimum Gasteiger partial charge on any atom is -0.325 e. The number of carbonyl (C=O) groups excluding carboxylic acids is 3. The number of H-pyrrole nitrogens is 1. The van der Waals surface area contributed by atoms with Gasteiger partial charge in [-0.05, 0) is 47.9 Å². The van der Waals surface area contributed by atoms with E-state index in [2.05, 4.69) is 10.3 Å². The van der Waals surface area contributed by atoms with Crippen LogP contribution in [0.4, 0.5) is 18.9 Å². The molecular weight excluding hydrogens is 563 g/mol. The number of anilines is 1. The van der Waals surface area contributed by atoms with Crippen LogP contribution >= 0.6 is 23.1 Å². The van der Waals surface area contributed by atoms with Gasteiger partial charge in [0.15, 0.2) is 0 Å². The maximum atomic E-state index is 13.6. The molecule has 2 N–H and O–H groups in total. The monoisotopic (exact) mass is 585 g/mol. The Balaban J connectivity index is 1.15. The number of rotatable bonds is 4. The lowest BCUT2D eigenvalue weighted by atomic mass is 9.68. The molecule has 2 aliphatic heterocycles. The van der Waals surface area contributed by atoms with E-state index in [9.17, 15) is 32.3 Å². The van der Waals surface area contributed by atoms with Crippen LogP contribution in [0.2, 0.25) is 0 Å². The molecule has 7 unspecified atom stereocenters. The van der Waals surface area contributed by atoms with Crippen molar-refractivity contribution in [1.29, 1.82) is 0 Å². The van der Waals surface area contributed by atoms with Crippen molar-refractivity contribution in [2.24, 2.45) is 29.6 Å². The maximum Gasteiger partial charge on any atom is 0.416 e. The second kappa shape index (κ2) is 9.07. The van der Waals surface area contributed by atoms with Gasteiger partial charge in [-0.2, -0.15) is 13.2 Å². The number of fused-ring (bicyclic) bond motifs is 9. The van der Waals surface area contributed by atoms with Crippen LogP contribution in [0.1, 0.15) is 28.3 Å². The number of benzene rings is 2. The van der Waals surface area contributed by atoms with Gasteiger partial charge in [0, 0.05) is 21.7 Å². The number of aromatic nitrogens is 1. The number of imide groups is 1. The molecule has 40 heavy (non-hydrogen) atoms. The lowest BCUT2D eigenvalue weighted by Crippen LogP contribution is -2.42. The zero-order valence-electron chi connectivity index (χ0n) is 20.7. The van der Waals surface area contributed by atoms with Crippen molar-refractivity contribution in [3.05, 3.63) is 80.3 Å². The van der Waals surface area contributed by atoms with E-state index >= 15 is 0 Å². The van der Waals surface area contributed by atoms with Crippen LogP contribution in [-0.4, -0.2) is 39.4 Å². The molecule has 206 valence electrons. The zero-order valence-corrected chi connectivity index (χ0v) is 22.3. The lowest BCUT2D eigenvalue weighted by Gasteiger charge is -2.43. The molecule has 2 aliphatic carbocycles. The molecule has 7 nitrogen and oxygen atoms in total. The summed E-state index contributed by atoms with van der Waals surface area (Å²) >= 11 is 2.77. The topological polar surface area (TPSA) is 99.3 Å². The Morgan fingerprint density at radius 3 is 2.45 bits per heavy atom. The molecule has 1 saturated heterocycles. The van der Waals surface area contributed by atoms with Gasteiger partial charge in [-0.1, -0.05) is 47.7 Å². The summed E-state index contributed by atoms with van der Waals surface area (Å²) < 4.78 is 39.2. The van der Waals surface area contributed by atoms with Gasteiger partial charge in [0.1, 0.15) is 6.54 Å². The number of hydrogen-bond acceptors (Lipinski definition) is 6. The van der Waals surface area contributed by atoms with E-state index in [1.54, 1.807) is 11.8 Å². The first-order valence-electron chi connectivity index (χ1n) is 12.9. The molecule has 3 heterocycles. The Labute approximate surface area is 234 Å². The summed E-state index contributed by atoms with van der Waals surface area (Å²) in [6.07, 6.45) is -3.84. The fourth-order valence-corrected chi connectivity index (χ4v) is 10.3. The van der Waals surface area contributed by atoms with Gasteiger partial charge < -0.3 is 10.3 Å². The molecule has 0 radical (unpaired) electrons. The summed E-state index contributed by atoms with van der Waals surface area (Å²) in [6, 6.07) is 14.1. The third kappa shape index (κ3) is 3.87. The van der Waals surface area contributed by atoms with Crippen LogP contribution in [0, 0.1) is 29.6 Å². The van der Waals surface area contributed by atoms with Crippen LogP contribution in [0.3, 0.4) is 0 Å². The lowest BCUT2D eigenvalue weighted by molar-refractivity contribution is -0.143. The molecule has 3 aromatic rings. The number of amides is 3. The van der Waals surface area contributed by atoms with Crippen molar-refractivity contribution in [2.45, 2.75) is 28.8 Å². The summed E-state index contributed by atoms with van der Waals surface area (Å²) in [5.41, 5.74) is 0.0904. The second-order valence-corrected chi connectivity index (χ2v) is 13.0. The first-order valence-corrected chi connectivity index (χ1v) is 14.6. The maximum absolute atomic E-state index is 13.6. The van der Waals surface area contributed by atoms with E-state index in [1.165, 1.54) is 23.5 Å². The number of thiazole rings is 1. The van der Waals surface area contributed by atoms with Crippen LogP contribution < -0.4 is 10.2 Å². The van der Waals surface area contributed by atoms with Crippen LogP contribution in [0.25, 0.3) is 0 Å². The normalized spacial score (nSPS) is 30.3. The van der Waals surface area contributed by atoms with E-state index in [0.29, 0.717) is 0 Å². The van der Waals surface area contributed by atoms with Gasteiger partial charge in [0.05, 0.1) is 22.4 Å². The van der Waals surface area contributed by atoms with Crippen molar-refractivity contribution in [1.82, 2.24) is 9.88 Å². The second-order valence-electron chi connectivity index (χ2n) is 10.8. The number of nitrogens with one attached hydrogen (secondary N) is 2. The highest BCUT2D eigenvalue weighted by Gasteiger charge is 2.69. The molecule has 2 bridgehead atoms. The predicted octanol–water partition coefficient (Wildman–Crippen LogP) is 4.57. The van der Waals surface area contributed by atoms with Crippen molar-refractivity contribution in [3.8, 4) is 0 Å². The Morgan fingerprint density at radius 2 is 1.73 bits per heavy atom. The average molecular weight is 586 g/mol. The van der Waals surface area contributed by atoms with Gasteiger partial charge in [-0.25, -0.2) is 0 Å². The SMILES string of the molecule is O=C(CN1C(=O)C2C3CC(C2C1=O)C1C(c2ccccc2)c2sc(=O)[nH]c2SC31)Nc1cccc(C(F)(F)F)c1. The van der Waals surface area contributed by atoms with Crippen LogP contribution in [0.5, 0.6) is 0 Å². The number of thioether (sulfide) groups is 1. The van der Waals surface area contributed by atoms with Crippen molar-refractivity contribution in [3.63, 3.8) is 0 Å². The van der Waals surface area contributed by atoms with E-state index in [-0.39, 0.29) is 39.5 Å². The number of likely N-dealkylation sites (tertiary alicyclic amines) is 1. The summed E-state index contributed by atoms with van der Waals surface area (Å²) in [5, 5.41) is 3.25. The summed E-state index contributed by atoms with van der Waals surface area (Å²) in [6.45, 7) is -0.550. The van der Waals surface area contributed by atoms with E-state index in [4.69, 9.17) is 0 Å². The summed E-state index contributed by atoms with van der Waals surface area (Å²) in [5.74, 6) is -2.83. The number of aromatic amines is 1. The first kappa shape index (κ1) is 25.6. The van der Waals surface area contributed by atoms with Crippen molar-refractivity contribution >= 4 is 46.5 Å². The zero-order chi connectivity index (χ0) is 27.9. The Morgan fingerprint density at radius 1 is 1.00 bits per heavy atom. The average Bonchev–Trinajstić information content (AvgIpc) is 3.65. The quantitative estimate of drug-likeness (QED) is 0.438. The molecular formula is C28H22F3N3O4S2. The van der Waals surface area contributed by atoms with Gasteiger partial charge in [-0.15, -0.1) is 11.8 Å². The fraction of sp³-hybridized carbons (Fsp3) is 0.357. The minimum absolute atomic E-state index is 0.0323. The molecule has 0 spiro atoms. The predicted molar refractivity (Wildman–Crippen MR) is 142 cm³/mol. The molecule has 1 aromatic heterocycles. The number of nitrogens with zero attached hydrogens (tertiary/aromatic N) is 1. The molecule has 4 aliphatic rings. The largest absolute Gasteiger partial charge is 0.416 e. The third-order valence-electron chi connectivity index (χ3n) is 8.75. The molecule has 2 aromatic carbocycles. The van der Waals surface area contributed by atoms with Gasteiger partial charge in [0.25, 0.3) is 0 Å². The number of hydrogen-bond donors (Lipinski definition) is 2. The Hall–Kier alpha value is -3.38. The van der Waals surface area contributed by atoms with E-state index < -0.39 is 47.8 Å². The van der Waals surface area contributed by atoms with Crippen molar-refractivity contribution < 1.29 is 27.6 Å².